The molecule has 0 bridgehead atoms. The number of hydrogen-bond donors (Lipinski definition) is 4. The molecule has 0 atom stereocenters. The van der Waals surface area contributed by atoms with E-state index in [1.54, 1.807) is 6.20 Å². The molecule has 116 heavy (non-hydrogen) atoms. The topological polar surface area (TPSA) is 235 Å². The molecule has 4 aliphatic rings. The van der Waals surface area contributed by atoms with E-state index in [9.17, 15) is 0 Å². The third-order valence-electron chi connectivity index (χ3n) is 21.1. The third kappa shape index (κ3) is 24.2. The number of aryl methyl sites for hydroxylation is 8. The van der Waals surface area contributed by atoms with Crippen molar-refractivity contribution in [2.75, 3.05) is 193 Å². The fraction of sp³-hybridized carbons (Fsp3) is 0.409. The van der Waals surface area contributed by atoms with Crippen molar-refractivity contribution in [1.82, 2.24) is 74.5 Å². The summed E-state index contributed by atoms with van der Waals surface area (Å²) in [7, 11) is 4.33. The highest BCUT2D eigenvalue weighted by Gasteiger charge is 2.22. The van der Waals surface area contributed by atoms with Crippen molar-refractivity contribution in [3.05, 3.63) is 212 Å². The number of morpholine rings is 1. The Bertz CT molecular complexity index is 5050. The van der Waals surface area contributed by atoms with Gasteiger partial charge >= 0.3 is 0 Å². The molecule has 0 unspecified atom stereocenters. The molecule has 608 valence electrons. The minimum Gasteiger partial charge on any atom is -0.384 e. The zero-order valence-electron chi connectivity index (χ0n) is 67.8. The molecular weight excluding hydrogens is 1540 g/mol. The van der Waals surface area contributed by atoms with Crippen LogP contribution in [-0.2, 0) is 30.4 Å². The average Bonchev–Trinajstić information content (AvgIpc) is 0.851. The van der Waals surface area contributed by atoms with Gasteiger partial charge in [-0.2, -0.15) is 0 Å². The van der Waals surface area contributed by atoms with Gasteiger partial charge in [0.1, 0.15) is 23.3 Å². The number of likely N-dealkylation sites (N-methyl/N-ethyl adjacent to an activating group) is 3. The first kappa shape index (κ1) is 84.2. The van der Waals surface area contributed by atoms with Crippen LogP contribution >= 0.6 is 46.4 Å². The third-order valence-corrected chi connectivity index (χ3v) is 22.0. The van der Waals surface area contributed by atoms with Gasteiger partial charge in [-0.05, 0) is 196 Å². The molecule has 0 saturated carbocycles. The number of pyridine rings is 4. The zero-order chi connectivity index (χ0) is 80.7. The quantitative estimate of drug-likeness (QED) is 0.0389. The molecule has 0 aliphatic carbocycles. The molecule has 12 aromatic rings. The molecule has 0 amide bonds. The summed E-state index contributed by atoms with van der Waals surface area (Å²) in [5.41, 5.74) is 14.3. The Balaban J connectivity index is 0.000000135. The van der Waals surface area contributed by atoms with Gasteiger partial charge in [-0.25, -0.2) is 39.9 Å². The first-order valence-corrected chi connectivity index (χ1v) is 42.2. The lowest BCUT2D eigenvalue weighted by atomic mass is 10.1. The Kier molecular flexibility index (Phi) is 30.4. The first-order chi connectivity index (χ1) is 56.5. The number of hydrogen-bond acceptors (Lipinski definition) is 24. The standard InChI is InChI=1S/C23H29ClN6.2C22H27ClN6.C21H24ClN5O/c1-3-29-11-13-30(14-12-29)23-27-17(2)15-19(28-23)5-4-9-25-21-8-10-26-22-16-18(24)6-7-20(21)22;1-16-14-22(29-12-10-28(2)11-13-29)27-21(26-16)4-3-8-24-19-7-9-25-20-15-17(23)5-6-18(19)20;1-16-14-18(27-22(26-16)29-12-10-28(2)11-13-29)4-3-8-24-20-7-9-25-21-15-17(23)5-6-19(20)21;1-15-13-21(27-9-11-28-12-10-27)26-20(25-15)3-2-7-23-18-6-8-24-19-14-16(22)4-5-17(18)19/h6-8,10,15-16H,3-5,9,11-14H2,1-2H3,(H,25,26);2*5-7,9,14-15H,3-4,8,10-13H2,1-2H3,(H,24,25);4-6,8,13-14H,2-3,7,9-12H2,1H3,(H,23,24). The summed E-state index contributed by atoms with van der Waals surface area (Å²) >= 11 is 24.3. The summed E-state index contributed by atoms with van der Waals surface area (Å²) in [6.07, 6.45) is 14.7. The van der Waals surface area contributed by atoms with Gasteiger partial charge in [0, 0.05) is 266 Å². The number of halogens is 4. The maximum absolute atomic E-state index is 6.08. The molecule has 0 radical (unpaired) electrons. The van der Waals surface area contributed by atoms with E-state index in [2.05, 4.69) is 161 Å². The second-order valence-corrected chi connectivity index (χ2v) is 31.7. The van der Waals surface area contributed by atoms with Crippen LogP contribution in [0.1, 0.15) is 78.4 Å². The molecule has 4 aromatic carbocycles. The van der Waals surface area contributed by atoms with Crippen molar-refractivity contribution < 1.29 is 4.74 Å². The maximum atomic E-state index is 6.08. The smallest absolute Gasteiger partial charge is 0.225 e. The lowest BCUT2D eigenvalue weighted by molar-refractivity contribution is 0.122. The molecule has 8 aromatic heterocycles. The summed E-state index contributed by atoms with van der Waals surface area (Å²) in [5, 5.41) is 21.3. The molecule has 12 heterocycles. The van der Waals surface area contributed by atoms with Crippen molar-refractivity contribution in [3.8, 4) is 0 Å². The number of aromatic nitrogens is 12. The van der Waals surface area contributed by atoms with E-state index in [1.165, 1.54) is 0 Å². The Morgan fingerprint density at radius 1 is 0.336 bits per heavy atom. The van der Waals surface area contributed by atoms with Gasteiger partial charge in [0.2, 0.25) is 11.9 Å². The lowest BCUT2D eigenvalue weighted by Crippen LogP contribution is -2.46. The molecule has 4 aliphatic heterocycles. The first-order valence-electron chi connectivity index (χ1n) is 40.7. The molecule has 16 rings (SSSR count). The minimum absolute atomic E-state index is 0.699. The van der Waals surface area contributed by atoms with Crippen molar-refractivity contribution in [2.45, 2.75) is 86.0 Å². The molecule has 28 heteroatoms. The number of nitrogens with zero attached hydrogens (tertiary/aromatic N) is 19. The van der Waals surface area contributed by atoms with E-state index in [1.807, 2.05) is 123 Å². The second kappa shape index (κ2) is 41.9. The van der Waals surface area contributed by atoms with E-state index >= 15 is 0 Å². The van der Waals surface area contributed by atoms with Crippen LogP contribution in [0.5, 0.6) is 0 Å². The summed E-state index contributed by atoms with van der Waals surface area (Å²) < 4.78 is 5.44. The number of ether oxygens (including phenoxy) is 1. The van der Waals surface area contributed by atoms with Crippen molar-refractivity contribution in [1.29, 1.82) is 0 Å². The summed E-state index contributed by atoms with van der Waals surface area (Å²) in [6, 6.07) is 39.6. The molecule has 4 saturated heterocycles. The second-order valence-electron chi connectivity index (χ2n) is 30.0. The fourth-order valence-electron chi connectivity index (χ4n) is 14.7. The Morgan fingerprint density at radius 3 is 1.01 bits per heavy atom. The van der Waals surface area contributed by atoms with Gasteiger partial charge in [-0.1, -0.05) is 53.3 Å². The predicted octanol–water partition coefficient (Wildman–Crippen LogP) is 15.6. The Hall–Kier alpha value is -9.76. The van der Waals surface area contributed by atoms with E-state index < -0.39 is 0 Å². The van der Waals surface area contributed by atoms with Crippen LogP contribution < -0.4 is 40.9 Å². The highest BCUT2D eigenvalue weighted by molar-refractivity contribution is 6.32. The number of nitrogens with one attached hydrogen (secondary N) is 4. The number of anilines is 8. The maximum Gasteiger partial charge on any atom is 0.225 e. The predicted molar refractivity (Wildman–Crippen MR) is 478 cm³/mol. The normalized spacial score (nSPS) is 14.9. The van der Waals surface area contributed by atoms with E-state index in [0.29, 0.717) is 20.1 Å². The number of rotatable bonds is 25. The summed E-state index contributed by atoms with van der Waals surface area (Å²) in [5.74, 6) is 5.65. The number of benzene rings is 4. The molecule has 24 nitrogen and oxygen atoms in total. The monoisotopic (exact) mass is 1640 g/mol. The van der Waals surface area contributed by atoms with Gasteiger partial charge in [0.25, 0.3) is 0 Å². The van der Waals surface area contributed by atoms with Crippen LogP contribution in [0.2, 0.25) is 20.1 Å². The number of piperazine rings is 3. The van der Waals surface area contributed by atoms with Crippen LogP contribution in [0.15, 0.2) is 146 Å². The van der Waals surface area contributed by atoms with Crippen molar-refractivity contribution in [3.63, 3.8) is 0 Å². The van der Waals surface area contributed by atoms with E-state index in [0.717, 1.165) is 325 Å². The van der Waals surface area contributed by atoms with Gasteiger partial charge in [0.15, 0.2) is 0 Å². The SMILES string of the molecule is CCN1CCN(c2nc(C)cc(CCCNc3ccnc4cc(Cl)ccc34)n2)CC1.Cc1cc(CCCNc2ccnc3cc(Cl)ccc23)nc(N2CCN(C)CC2)n1.Cc1cc(N2CCN(C)CC2)nc(CCCNc2ccnc3cc(Cl)ccc23)n1.Cc1cc(N2CCOCC2)nc(CCCNc2ccnc3cc(Cl)ccc23)n1. The highest BCUT2D eigenvalue weighted by Crippen LogP contribution is 2.30. The van der Waals surface area contributed by atoms with Gasteiger partial charge in [0.05, 0.1) is 35.3 Å². The van der Waals surface area contributed by atoms with Crippen molar-refractivity contribution in [2.24, 2.45) is 0 Å². The molecule has 4 N–H and O–H groups in total. The Labute approximate surface area is 701 Å². The van der Waals surface area contributed by atoms with Gasteiger partial charge in [-0.3, -0.25) is 19.9 Å². The summed E-state index contributed by atoms with van der Waals surface area (Å²) in [6.45, 7) is 30.7. The van der Waals surface area contributed by atoms with Crippen molar-refractivity contribution >= 4 is 136 Å². The largest absolute Gasteiger partial charge is 0.384 e. The van der Waals surface area contributed by atoms with Crippen LogP contribution in [0, 0.1) is 27.7 Å². The average molecular weight is 1640 g/mol. The van der Waals surface area contributed by atoms with E-state index in [-0.39, 0.29) is 0 Å². The fourth-order valence-corrected chi connectivity index (χ4v) is 15.3. The van der Waals surface area contributed by atoms with Gasteiger partial charge < -0.3 is 60.3 Å². The van der Waals surface area contributed by atoms with E-state index in [4.69, 9.17) is 71.1 Å². The van der Waals surface area contributed by atoms with Crippen LogP contribution in [0.3, 0.4) is 0 Å². The minimum atomic E-state index is 0.699. The molecule has 0 spiro atoms. The molecule has 4 fully saturated rings. The zero-order valence-corrected chi connectivity index (χ0v) is 70.8. The van der Waals surface area contributed by atoms with Crippen LogP contribution in [0.4, 0.5) is 46.3 Å². The number of fused-ring (bicyclic) bond motifs is 4. The highest BCUT2D eigenvalue weighted by atomic mass is 35.5. The Morgan fingerprint density at radius 2 is 0.655 bits per heavy atom. The molecular formula is C88H107Cl4N23O. The van der Waals surface area contributed by atoms with Crippen LogP contribution in [0.25, 0.3) is 43.6 Å². The summed E-state index contributed by atoms with van der Waals surface area (Å²) in [4.78, 5) is 71.9. The van der Waals surface area contributed by atoms with Crippen LogP contribution in [-0.4, -0.2) is 226 Å². The lowest BCUT2D eigenvalue weighted by Gasteiger charge is -2.34. The van der Waals surface area contributed by atoms with Gasteiger partial charge in [-0.15, -0.1) is 0 Å².